The number of benzene rings is 2. The fourth-order valence-electron chi connectivity index (χ4n) is 2.23. The molecule has 0 N–H and O–H groups in total. The summed E-state index contributed by atoms with van der Waals surface area (Å²) in [7, 11) is 4.18. The van der Waals surface area contributed by atoms with Crippen LogP contribution in [0.4, 0.5) is 5.69 Å². The fourth-order valence-corrected chi connectivity index (χ4v) is 2.23. The molecule has 0 aliphatic rings. The molecule has 0 saturated carbocycles. The van der Waals surface area contributed by atoms with Crippen LogP contribution in [0.5, 0.6) is 0 Å². The van der Waals surface area contributed by atoms with Crippen LogP contribution in [0.15, 0.2) is 48.5 Å². The molecule has 0 saturated heterocycles. The summed E-state index contributed by atoms with van der Waals surface area (Å²) in [5.74, 6) is 0. The van der Waals surface area contributed by atoms with Gasteiger partial charge in [0, 0.05) is 19.8 Å². The molecule has 0 amide bonds. The highest BCUT2D eigenvalue weighted by Gasteiger charge is 2.06. The van der Waals surface area contributed by atoms with E-state index in [4.69, 9.17) is 0 Å². The number of anilines is 1. The second kappa shape index (κ2) is 5.72. The van der Waals surface area contributed by atoms with Crippen LogP contribution in [-0.4, -0.2) is 14.1 Å². The molecule has 0 radical (unpaired) electrons. The summed E-state index contributed by atoms with van der Waals surface area (Å²) in [6.07, 6.45) is 2.31. The average Bonchev–Trinajstić information content (AvgIpc) is 2.40. The Morgan fingerprint density at radius 2 is 1.67 bits per heavy atom. The Kier molecular flexibility index (Phi) is 4.03. The molecule has 2 rings (SSSR count). The van der Waals surface area contributed by atoms with Gasteiger partial charge in [-0.3, -0.25) is 0 Å². The first-order chi connectivity index (χ1) is 8.72. The van der Waals surface area contributed by atoms with E-state index in [1.54, 1.807) is 0 Å². The van der Waals surface area contributed by atoms with Crippen molar-refractivity contribution in [2.24, 2.45) is 0 Å². The van der Waals surface area contributed by atoms with Crippen LogP contribution >= 0.6 is 0 Å². The first-order valence-electron chi connectivity index (χ1n) is 6.58. The normalized spacial score (nSPS) is 10.4. The predicted octanol–water partition coefficient (Wildman–Crippen LogP) is 4.37. The van der Waals surface area contributed by atoms with E-state index in [9.17, 15) is 0 Å². The highest BCUT2D eigenvalue weighted by Crippen LogP contribution is 2.28. The van der Waals surface area contributed by atoms with Crippen molar-refractivity contribution in [3.63, 3.8) is 0 Å². The van der Waals surface area contributed by atoms with Gasteiger partial charge in [-0.05, 0) is 35.2 Å². The van der Waals surface area contributed by atoms with Crippen LogP contribution in [0.2, 0.25) is 0 Å². The number of nitrogens with zero attached hydrogens (tertiary/aromatic N) is 1. The lowest BCUT2D eigenvalue weighted by molar-refractivity contribution is 0.922. The van der Waals surface area contributed by atoms with Gasteiger partial charge in [0.2, 0.25) is 0 Å². The van der Waals surface area contributed by atoms with E-state index in [1.807, 2.05) is 0 Å². The van der Waals surface area contributed by atoms with Crippen LogP contribution in [0.25, 0.3) is 11.1 Å². The molecule has 0 aromatic heterocycles. The molecular weight excluding hydrogens is 218 g/mol. The second-order valence-corrected chi connectivity index (χ2v) is 4.85. The van der Waals surface area contributed by atoms with E-state index in [0.29, 0.717) is 0 Å². The molecule has 18 heavy (non-hydrogen) atoms. The summed E-state index contributed by atoms with van der Waals surface area (Å²) >= 11 is 0. The number of aryl methyl sites for hydroxylation is 1. The summed E-state index contributed by atoms with van der Waals surface area (Å²) in [6.45, 7) is 2.23. The van der Waals surface area contributed by atoms with Crippen LogP contribution < -0.4 is 4.90 Å². The zero-order chi connectivity index (χ0) is 13.0. The van der Waals surface area contributed by atoms with Gasteiger partial charge < -0.3 is 4.90 Å². The van der Waals surface area contributed by atoms with Crippen molar-refractivity contribution >= 4 is 5.69 Å². The molecule has 0 heterocycles. The first kappa shape index (κ1) is 12.7. The molecule has 2 aromatic rings. The molecule has 0 bridgehead atoms. The van der Waals surface area contributed by atoms with Gasteiger partial charge in [0.15, 0.2) is 0 Å². The third-order valence-electron chi connectivity index (χ3n) is 3.21. The second-order valence-electron chi connectivity index (χ2n) is 4.85. The van der Waals surface area contributed by atoms with Gasteiger partial charge >= 0.3 is 0 Å². The van der Waals surface area contributed by atoms with Crippen molar-refractivity contribution in [1.29, 1.82) is 0 Å². The zero-order valence-electron chi connectivity index (χ0n) is 11.5. The molecule has 0 atom stereocenters. The molecular formula is C17H21N. The molecule has 94 valence electrons. The molecule has 0 spiro atoms. The van der Waals surface area contributed by atoms with E-state index >= 15 is 0 Å². The number of hydrogen-bond donors (Lipinski definition) is 0. The van der Waals surface area contributed by atoms with E-state index in [1.165, 1.54) is 28.8 Å². The maximum Gasteiger partial charge on any atom is 0.0364 e. The van der Waals surface area contributed by atoms with E-state index < -0.39 is 0 Å². The van der Waals surface area contributed by atoms with Crippen molar-refractivity contribution in [2.45, 2.75) is 19.8 Å². The third-order valence-corrected chi connectivity index (χ3v) is 3.21. The Morgan fingerprint density at radius 1 is 0.944 bits per heavy atom. The maximum atomic E-state index is 2.31. The van der Waals surface area contributed by atoms with Crippen LogP contribution in [0.1, 0.15) is 18.9 Å². The van der Waals surface area contributed by atoms with Crippen molar-refractivity contribution in [1.82, 2.24) is 0 Å². The van der Waals surface area contributed by atoms with Gasteiger partial charge in [0.25, 0.3) is 0 Å². The zero-order valence-corrected chi connectivity index (χ0v) is 11.5. The highest BCUT2D eigenvalue weighted by atomic mass is 15.1. The lowest BCUT2D eigenvalue weighted by Gasteiger charge is -2.16. The van der Waals surface area contributed by atoms with Gasteiger partial charge in [-0.2, -0.15) is 0 Å². The minimum absolute atomic E-state index is 1.13. The van der Waals surface area contributed by atoms with Crippen molar-refractivity contribution in [3.8, 4) is 11.1 Å². The van der Waals surface area contributed by atoms with E-state index in [0.717, 1.165) is 6.42 Å². The highest BCUT2D eigenvalue weighted by molar-refractivity contribution is 5.70. The summed E-state index contributed by atoms with van der Waals surface area (Å²) < 4.78 is 0. The molecule has 0 aliphatic carbocycles. The minimum Gasteiger partial charge on any atom is -0.378 e. The van der Waals surface area contributed by atoms with E-state index in [-0.39, 0.29) is 0 Å². The molecule has 0 aliphatic heterocycles. The van der Waals surface area contributed by atoms with Gasteiger partial charge in [0.1, 0.15) is 0 Å². The molecule has 1 nitrogen and oxygen atoms in total. The fraction of sp³-hybridized carbons (Fsp3) is 0.294. The first-order valence-corrected chi connectivity index (χ1v) is 6.58. The molecule has 0 unspecified atom stereocenters. The average molecular weight is 239 g/mol. The van der Waals surface area contributed by atoms with E-state index in [2.05, 4.69) is 74.4 Å². The summed E-state index contributed by atoms with van der Waals surface area (Å²) in [6, 6.07) is 17.4. The minimum atomic E-state index is 1.13. The van der Waals surface area contributed by atoms with Crippen molar-refractivity contribution in [3.05, 3.63) is 54.1 Å². The van der Waals surface area contributed by atoms with Gasteiger partial charge in [0.05, 0.1) is 0 Å². The molecule has 0 fully saturated rings. The topological polar surface area (TPSA) is 3.24 Å². The SMILES string of the molecule is CCCc1cc(N(C)C)ccc1-c1ccccc1. The monoisotopic (exact) mass is 239 g/mol. The van der Waals surface area contributed by atoms with Crippen LogP contribution in [0, 0.1) is 0 Å². The van der Waals surface area contributed by atoms with Crippen molar-refractivity contribution in [2.75, 3.05) is 19.0 Å². The van der Waals surface area contributed by atoms with Gasteiger partial charge in [-0.15, -0.1) is 0 Å². The Labute approximate surface area is 110 Å². The maximum absolute atomic E-state index is 2.31. The largest absolute Gasteiger partial charge is 0.378 e. The van der Waals surface area contributed by atoms with Crippen LogP contribution in [0.3, 0.4) is 0 Å². The lowest BCUT2D eigenvalue weighted by Crippen LogP contribution is -2.09. The van der Waals surface area contributed by atoms with Gasteiger partial charge in [-0.1, -0.05) is 49.7 Å². The molecule has 2 aromatic carbocycles. The predicted molar refractivity (Wildman–Crippen MR) is 80.2 cm³/mol. The third kappa shape index (κ3) is 2.73. The number of hydrogen-bond acceptors (Lipinski definition) is 1. The Morgan fingerprint density at radius 3 is 2.28 bits per heavy atom. The molecule has 1 heteroatoms. The van der Waals surface area contributed by atoms with Crippen LogP contribution in [-0.2, 0) is 6.42 Å². The Bertz CT molecular complexity index is 500. The summed E-state index contributed by atoms with van der Waals surface area (Å²) in [4.78, 5) is 2.16. The van der Waals surface area contributed by atoms with Gasteiger partial charge in [-0.25, -0.2) is 0 Å². The Hall–Kier alpha value is -1.76. The quantitative estimate of drug-likeness (QED) is 0.765. The summed E-state index contributed by atoms with van der Waals surface area (Å²) in [5, 5.41) is 0. The summed E-state index contributed by atoms with van der Waals surface area (Å²) in [5.41, 5.74) is 5.39. The smallest absolute Gasteiger partial charge is 0.0364 e. The Balaban J connectivity index is 2.47. The standard InChI is InChI=1S/C17H21N/c1-4-8-15-13-16(18(2)3)11-12-17(15)14-9-6-5-7-10-14/h5-7,9-13H,4,8H2,1-3H3. The number of rotatable bonds is 4. The lowest BCUT2D eigenvalue weighted by atomic mass is 9.96. The van der Waals surface area contributed by atoms with Crippen molar-refractivity contribution < 1.29 is 0 Å².